The van der Waals surface area contributed by atoms with Crippen LogP contribution in [0.15, 0.2) is 23.9 Å². The Balaban J connectivity index is 1.61. The van der Waals surface area contributed by atoms with Crippen molar-refractivity contribution < 1.29 is 5.21 Å². The molecular formula is C12H22N6O. The molecule has 0 bridgehead atoms. The van der Waals surface area contributed by atoms with Gasteiger partial charge in [0.2, 0.25) is 0 Å². The molecular weight excluding hydrogens is 244 g/mol. The maximum atomic E-state index is 8.54. The standard InChI is InChI=1S/C12H22N6O/c13-12(15-19)10-17-8-6-16(7-9-17)3-1-4-18-5-2-14-11-18/h2,5,11,19H,1,3-4,6-10H2,(H2,13,15). The van der Waals surface area contributed by atoms with Gasteiger partial charge in [0.1, 0.15) is 0 Å². The van der Waals surface area contributed by atoms with Crippen LogP contribution in [0.3, 0.4) is 0 Å². The number of hydrogen-bond donors (Lipinski definition) is 2. The van der Waals surface area contributed by atoms with E-state index in [1.54, 1.807) is 0 Å². The molecule has 0 radical (unpaired) electrons. The number of amidine groups is 1. The van der Waals surface area contributed by atoms with E-state index in [1.807, 2.05) is 18.7 Å². The van der Waals surface area contributed by atoms with Gasteiger partial charge in [0.05, 0.1) is 12.9 Å². The zero-order chi connectivity index (χ0) is 13.5. The van der Waals surface area contributed by atoms with Gasteiger partial charge in [-0.1, -0.05) is 5.16 Å². The van der Waals surface area contributed by atoms with Gasteiger partial charge in [0, 0.05) is 45.1 Å². The van der Waals surface area contributed by atoms with E-state index in [9.17, 15) is 0 Å². The van der Waals surface area contributed by atoms with Crippen LogP contribution in [-0.4, -0.2) is 69.7 Å². The van der Waals surface area contributed by atoms with Gasteiger partial charge in [0.25, 0.3) is 0 Å². The van der Waals surface area contributed by atoms with Crippen LogP contribution in [0.25, 0.3) is 0 Å². The number of nitrogens with two attached hydrogens (primary N) is 1. The molecule has 0 spiro atoms. The van der Waals surface area contributed by atoms with Gasteiger partial charge in [-0.2, -0.15) is 0 Å². The zero-order valence-electron chi connectivity index (χ0n) is 11.1. The minimum absolute atomic E-state index is 0.286. The summed E-state index contributed by atoms with van der Waals surface area (Å²) in [6, 6.07) is 0. The third kappa shape index (κ3) is 4.53. The van der Waals surface area contributed by atoms with Crippen LogP contribution in [0.1, 0.15) is 6.42 Å². The van der Waals surface area contributed by atoms with Crippen molar-refractivity contribution in [2.75, 3.05) is 39.3 Å². The summed E-state index contributed by atoms with van der Waals surface area (Å²) < 4.78 is 2.11. The lowest BCUT2D eigenvalue weighted by Crippen LogP contribution is -2.49. The minimum Gasteiger partial charge on any atom is -0.409 e. The Morgan fingerprint density at radius 3 is 2.58 bits per heavy atom. The van der Waals surface area contributed by atoms with Crippen LogP contribution in [-0.2, 0) is 6.54 Å². The molecule has 7 nitrogen and oxygen atoms in total. The molecule has 1 fully saturated rings. The zero-order valence-corrected chi connectivity index (χ0v) is 11.1. The van der Waals surface area contributed by atoms with Gasteiger partial charge in [-0.3, -0.25) is 4.90 Å². The molecule has 1 saturated heterocycles. The van der Waals surface area contributed by atoms with Crippen molar-refractivity contribution in [2.45, 2.75) is 13.0 Å². The van der Waals surface area contributed by atoms with E-state index in [0.717, 1.165) is 45.7 Å². The lowest BCUT2D eigenvalue weighted by molar-refractivity contribution is 0.142. The Kier molecular flexibility index (Phi) is 5.17. The number of aryl methyl sites for hydroxylation is 1. The highest BCUT2D eigenvalue weighted by atomic mass is 16.4. The number of hydrogen-bond acceptors (Lipinski definition) is 5. The fraction of sp³-hybridized carbons (Fsp3) is 0.667. The highest BCUT2D eigenvalue weighted by Gasteiger charge is 2.16. The van der Waals surface area contributed by atoms with Crippen molar-refractivity contribution in [3.05, 3.63) is 18.7 Å². The molecule has 1 aromatic heterocycles. The van der Waals surface area contributed by atoms with Crippen molar-refractivity contribution in [1.29, 1.82) is 0 Å². The van der Waals surface area contributed by atoms with Gasteiger partial charge in [0.15, 0.2) is 5.84 Å². The van der Waals surface area contributed by atoms with Crippen LogP contribution < -0.4 is 5.73 Å². The molecule has 0 atom stereocenters. The third-order valence-electron chi connectivity index (χ3n) is 3.43. The first-order valence-corrected chi connectivity index (χ1v) is 6.65. The van der Waals surface area contributed by atoms with E-state index in [1.165, 1.54) is 0 Å². The Hall–Kier alpha value is -1.60. The maximum Gasteiger partial charge on any atom is 0.153 e. The van der Waals surface area contributed by atoms with Crippen molar-refractivity contribution in [2.24, 2.45) is 10.9 Å². The molecule has 1 aromatic rings. The minimum atomic E-state index is 0.286. The smallest absolute Gasteiger partial charge is 0.153 e. The van der Waals surface area contributed by atoms with E-state index >= 15 is 0 Å². The topological polar surface area (TPSA) is 82.9 Å². The molecule has 1 aliphatic rings. The van der Waals surface area contributed by atoms with Gasteiger partial charge in [-0.25, -0.2) is 4.98 Å². The summed E-state index contributed by atoms with van der Waals surface area (Å²) in [4.78, 5) is 8.70. The second-order valence-electron chi connectivity index (χ2n) is 4.86. The third-order valence-corrected chi connectivity index (χ3v) is 3.43. The van der Waals surface area contributed by atoms with E-state index in [0.29, 0.717) is 6.54 Å². The molecule has 106 valence electrons. The lowest BCUT2D eigenvalue weighted by Gasteiger charge is -2.34. The normalized spacial score (nSPS) is 18.8. The summed E-state index contributed by atoms with van der Waals surface area (Å²) in [6.07, 6.45) is 6.80. The summed E-state index contributed by atoms with van der Waals surface area (Å²) >= 11 is 0. The monoisotopic (exact) mass is 266 g/mol. The second kappa shape index (κ2) is 7.10. The quantitative estimate of drug-likeness (QED) is 0.318. The van der Waals surface area contributed by atoms with Gasteiger partial charge >= 0.3 is 0 Å². The number of rotatable bonds is 6. The lowest BCUT2D eigenvalue weighted by atomic mass is 10.3. The number of nitrogens with zero attached hydrogens (tertiary/aromatic N) is 5. The number of aromatic nitrogens is 2. The SMILES string of the molecule is NC(CN1CCN(CCCn2ccnc2)CC1)=NO. The number of piperazine rings is 1. The first-order chi connectivity index (χ1) is 9.28. The molecule has 0 unspecified atom stereocenters. The summed E-state index contributed by atoms with van der Waals surface area (Å²) in [7, 11) is 0. The average molecular weight is 266 g/mol. The molecule has 7 heteroatoms. The highest BCUT2D eigenvalue weighted by molar-refractivity contribution is 5.81. The number of imidazole rings is 1. The Bertz CT molecular complexity index is 383. The fourth-order valence-electron chi connectivity index (χ4n) is 2.33. The van der Waals surface area contributed by atoms with E-state index in [-0.39, 0.29) is 5.84 Å². The van der Waals surface area contributed by atoms with E-state index < -0.39 is 0 Å². The Labute approximate surface area is 113 Å². The molecule has 3 N–H and O–H groups in total. The van der Waals surface area contributed by atoms with Gasteiger partial charge in [-0.15, -0.1) is 0 Å². The summed E-state index contributed by atoms with van der Waals surface area (Å²) in [6.45, 7) is 6.72. The molecule has 0 aliphatic carbocycles. The summed E-state index contributed by atoms with van der Waals surface area (Å²) in [5, 5.41) is 11.6. The Morgan fingerprint density at radius 1 is 1.21 bits per heavy atom. The summed E-state index contributed by atoms with van der Waals surface area (Å²) in [5.41, 5.74) is 5.51. The molecule has 2 rings (SSSR count). The molecule has 19 heavy (non-hydrogen) atoms. The largest absolute Gasteiger partial charge is 0.409 e. The molecule has 0 amide bonds. The van der Waals surface area contributed by atoms with Crippen LogP contribution >= 0.6 is 0 Å². The first kappa shape index (κ1) is 13.8. The Morgan fingerprint density at radius 2 is 1.95 bits per heavy atom. The van der Waals surface area contributed by atoms with Crippen molar-refractivity contribution in [3.8, 4) is 0 Å². The van der Waals surface area contributed by atoms with Gasteiger partial charge < -0.3 is 20.4 Å². The van der Waals surface area contributed by atoms with Crippen molar-refractivity contribution in [3.63, 3.8) is 0 Å². The van der Waals surface area contributed by atoms with Crippen LogP contribution in [0, 0.1) is 0 Å². The van der Waals surface area contributed by atoms with E-state index in [4.69, 9.17) is 10.9 Å². The summed E-state index contributed by atoms with van der Waals surface area (Å²) in [5.74, 6) is 0.286. The molecule has 0 aromatic carbocycles. The predicted molar refractivity (Wildman–Crippen MR) is 73.1 cm³/mol. The van der Waals surface area contributed by atoms with E-state index in [2.05, 4.69) is 24.5 Å². The van der Waals surface area contributed by atoms with Crippen LogP contribution in [0.2, 0.25) is 0 Å². The molecule has 0 saturated carbocycles. The fourth-order valence-corrected chi connectivity index (χ4v) is 2.33. The average Bonchev–Trinajstić information content (AvgIpc) is 2.94. The van der Waals surface area contributed by atoms with Crippen molar-refractivity contribution >= 4 is 5.84 Å². The predicted octanol–water partition coefficient (Wildman–Crippen LogP) is -0.363. The van der Waals surface area contributed by atoms with Crippen LogP contribution in [0.4, 0.5) is 0 Å². The number of oxime groups is 1. The van der Waals surface area contributed by atoms with Crippen LogP contribution in [0.5, 0.6) is 0 Å². The first-order valence-electron chi connectivity index (χ1n) is 6.65. The van der Waals surface area contributed by atoms with Crippen molar-refractivity contribution in [1.82, 2.24) is 19.4 Å². The maximum absolute atomic E-state index is 8.54. The second-order valence-corrected chi connectivity index (χ2v) is 4.86. The molecule has 1 aliphatic heterocycles. The molecule has 2 heterocycles. The van der Waals surface area contributed by atoms with Gasteiger partial charge in [-0.05, 0) is 13.0 Å². The highest BCUT2D eigenvalue weighted by Crippen LogP contribution is 2.03.